The molecule has 0 fully saturated rings. The van der Waals surface area contributed by atoms with Gasteiger partial charge in [0, 0.05) is 17.0 Å². The molecule has 2 N–H and O–H groups in total. The fraction of sp³-hybridized carbons (Fsp3) is 0. The molecule has 0 bridgehead atoms. The summed E-state index contributed by atoms with van der Waals surface area (Å²) in [6.07, 6.45) is 0. The van der Waals surface area contributed by atoms with E-state index >= 15 is 0 Å². The van der Waals surface area contributed by atoms with Gasteiger partial charge in [-0.25, -0.2) is 4.39 Å². The average Bonchev–Trinajstić information content (AvgIpc) is 2.98. The Hall–Kier alpha value is -3.25. The van der Waals surface area contributed by atoms with Gasteiger partial charge in [0.15, 0.2) is 5.78 Å². The van der Waals surface area contributed by atoms with Crippen LogP contribution in [0, 0.1) is 5.82 Å². The lowest BCUT2D eigenvalue weighted by Crippen LogP contribution is -2.16. The molecule has 4 rings (SSSR count). The minimum Gasteiger partial charge on any atom is -0.390 e. The Labute approximate surface area is 151 Å². The highest BCUT2D eigenvalue weighted by atomic mass is 32.1. The molecule has 26 heavy (non-hydrogen) atoms. The Morgan fingerprint density at radius 3 is 2.35 bits per heavy atom. The van der Waals surface area contributed by atoms with Gasteiger partial charge >= 0.3 is 0 Å². The van der Waals surface area contributed by atoms with Crippen molar-refractivity contribution in [2.75, 3.05) is 5.73 Å². The number of aromatic nitrogens is 1. The van der Waals surface area contributed by atoms with E-state index in [1.807, 2.05) is 6.07 Å². The molecule has 0 unspecified atom stereocenters. The average molecular weight is 364 g/mol. The maximum atomic E-state index is 13.2. The van der Waals surface area contributed by atoms with Gasteiger partial charge in [0.1, 0.15) is 10.6 Å². The third-order valence-corrected chi connectivity index (χ3v) is 5.14. The Kier molecular flexibility index (Phi) is 3.89. The number of thiophene rings is 1. The first-order valence-electron chi connectivity index (χ1n) is 7.86. The number of carbonyl (C=O) groups is 1. The van der Waals surface area contributed by atoms with Gasteiger partial charge < -0.3 is 5.73 Å². The Bertz CT molecular complexity index is 1180. The Balaban J connectivity index is 1.97. The maximum Gasteiger partial charge on any atom is 0.256 e. The number of halogens is 1. The van der Waals surface area contributed by atoms with Crippen molar-refractivity contribution in [1.29, 1.82) is 0 Å². The highest BCUT2D eigenvalue weighted by molar-refractivity contribution is 7.22. The van der Waals surface area contributed by atoms with E-state index in [1.54, 1.807) is 30.3 Å². The largest absolute Gasteiger partial charge is 0.390 e. The van der Waals surface area contributed by atoms with E-state index in [4.69, 9.17) is 5.73 Å². The zero-order valence-corrected chi connectivity index (χ0v) is 14.3. The van der Waals surface area contributed by atoms with Crippen LogP contribution in [0.1, 0.15) is 15.9 Å². The predicted octanol–water partition coefficient (Wildman–Crippen LogP) is 4.00. The molecule has 0 saturated heterocycles. The predicted molar refractivity (Wildman–Crippen MR) is 102 cm³/mol. The SMILES string of the molecule is Nc1sc2c(ccc(=O)n2-c2ccc(F)cc2)c1C(=O)c1ccccc1. The molecule has 0 atom stereocenters. The summed E-state index contributed by atoms with van der Waals surface area (Å²) in [5.41, 5.74) is 7.28. The first-order chi connectivity index (χ1) is 12.6. The number of nitrogens with two attached hydrogens (primary N) is 1. The summed E-state index contributed by atoms with van der Waals surface area (Å²) in [5.74, 6) is -0.585. The molecule has 0 aliphatic heterocycles. The molecular formula is C20H13FN2O2S. The third-order valence-electron chi connectivity index (χ3n) is 4.12. The van der Waals surface area contributed by atoms with E-state index in [2.05, 4.69) is 0 Å². The van der Waals surface area contributed by atoms with E-state index in [0.717, 1.165) is 0 Å². The number of nitrogen functional groups attached to an aromatic ring is 1. The molecule has 4 nitrogen and oxygen atoms in total. The highest BCUT2D eigenvalue weighted by Gasteiger charge is 2.21. The van der Waals surface area contributed by atoms with Crippen LogP contribution in [0.25, 0.3) is 15.9 Å². The normalized spacial score (nSPS) is 11.0. The van der Waals surface area contributed by atoms with Gasteiger partial charge in [-0.15, -0.1) is 0 Å². The van der Waals surface area contributed by atoms with Crippen LogP contribution in [-0.2, 0) is 0 Å². The standard InChI is InChI=1S/C20H13FN2O2S/c21-13-6-8-14(9-7-13)23-16(24)11-10-15-17(19(22)26-20(15)23)18(25)12-4-2-1-3-5-12/h1-11H,22H2. The number of hydrogen-bond acceptors (Lipinski definition) is 4. The highest BCUT2D eigenvalue weighted by Crippen LogP contribution is 2.35. The minimum absolute atomic E-state index is 0.196. The van der Waals surface area contributed by atoms with Gasteiger partial charge in [0.05, 0.1) is 16.3 Å². The number of carbonyl (C=O) groups excluding carboxylic acids is 1. The van der Waals surface area contributed by atoms with Crippen LogP contribution in [0.15, 0.2) is 71.5 Å². The maximum absolute atomic E-state index is 13.2. The van der Waals surface area contributed by atoms with Gasteiger partial charge in [0.25, 0.3) is 5.56 Å². The van der Waals surface area contributed by atoms with Crippen LogP contribution in [0.3, 0.4) is 0 Å². The lowest BCUT2D eigenvalue weighted by atomic mass is 10.0. The van der Waals surface area contributed by atoms with Crippen molar-refractivity contribution in [3.63, 3.8) is 0 Å². The van der Waals surface area contributed by atoms with Crippen molar-refractivity contribution in [2.24, 2.45) is 0 Å². The van der Waals surface area contributed by atoms with Gasteiger partial charge in [-0.1, -0.05) is 41.7 Å². The van der Waals surface area contributed by atoms with E-state index in [9.17, 15) is 14.0 Å². The fourth-order valence-corrected chi connectivity index (χ4v) is 3.98. The number of nitrogens with zero attached hydrogens (tertiary/aromatic N) is 1. The second kappa shape index (κ2) is 6.24. The number of benzene rings is 2. The number of hydrogen-bond donors (Lipinski definition) is 1. The topological polar surface area (TPSA) is 65.1 Å². The van der Waals surface area contributed by atoms with Crippen molar-refractivity contribution < 1.29 is 9.18 Å². The lowest BCUT2D eigenvalue weighted by Gasteiger charge is -2.07. The zero-order valence-electron chi connectivity index (χ0n) is 13.5. The molecule has 2 heterocycles. The summed E-state index contributed by atoms with van der Waals surface area (Å²) < 4.78 is 14.7. The molecule has 2 aromatic carbocycles. The molecule has 0 amide bonds. The number of pyridine rings is 1. The van der Waals surface area contributed by atoms with E-state index < -0.39 is 0 Å². The summed E-state index contributed by atoms with van der Waals surface area (Å²) in [5, 5.41) is 0.945. The molecule has 6 heteroatoms. The molecular weight excluding hydrogens is 351 g/mol. The molecule has 4 aromatic rings. The van der Waals surface area contributed by atoms with Crippen molar-refractivity contribution >= 4 is 32.3 Å². The summed E-state index contributed by atoms with van der Waals surface area (Å²) in [6, 6.07) is 17.5. The molecule has 0 spiro atoms. The summed E-state index contributed by atoms with van der Waals surface area (Å²) in [6.45, 7) is 0. The van der Waals surface area contributed by atoms with Gasteiger partial charge in [-0.3, -0.25) is 14.2 Å². The van der Waals surface area contributed by atoms with Gasteiger partial charge in [-0.2, -0.15) is 0 Å². The molecule has 0 aliphatic carbocycles. The number of rotatable bonds is 3. The summed E-state index contributed by atoms with van der Waals surface area (Å²) in [7, 11) is 0. The van der Waals surface area contributed by atoms with Crippen molar-refractivity contribution in [2.45, 2.75) is 0 Å². The fourth-order valence-electron chi connectivity index (χ4n) is 2.90. The second-order valence-electron chi connectivity index (χ2n) is 5.74. The first kappa shape index (κ1) is 16.2. The van der Waals surface area contributed by atoms with E-state index in [1.165, 1.54) is 46.2 Å². The molecule has 2 aromatic heterocycles. The van der Waals surface area contributed by atoms with E-state index in [-0.39, 0.29) is 17.2 Å². The summed E-state index contributed by atoms with van der Waals surface area (Å²) >= 11 is 1.17. The van der Waals surface area contributed by atoms with Gasteiger partial charge in [-0.05, 0) is 30.3 Å². The smallest absolute Gasteiger partial charge is 0.256 e. The van der Waals surface area contributed by atoms with Crippen LogP contribution in [0.4, 0.5) is 9.39 Å². The van der Waals surface area contributed by atoms with Crippen molar-refractivity contribution in [3.8, 4) is 5.69 Å². The number of anilines is 1. The Morgan fingerprint density at radius 2 is 1.65 bits per heavy atom. The minimum atomic E-state index is -0.389. The van der Waals surface area contributed by atoms with Crippen LogP contribution in [0.2, 0.25) is 0 Å². The van der Waals surface area contributed by atoms with Crippen LogP contribution in [0.5, 0.6) is 0 Å². The molecule has 0 saturated carbocycles. The number of fused-ring (bicyclic) bond motifs is 1. The van der Waals surface area contributed by atoms with Gasteiger partial charge in [0.2, 0.25) is 0 Å². The third kappa shape index (κ3) is 2.60. The van der Waals surface area contributed by atoms with Crippen LogP contribution >= 0.6 is 11.3 Å². The van der Waals surface area contributed by atoms with Crippen LogP contribution < -0.4 is 11.3 Å². The Morgan fingerprint density at radius 1 is 0.962 bits per heavy atom. The molecule has 0 aliphatic rings. The first-order valence-corrected chi connectivity index (χ1v) is 8.67. The van der Waals surface area contributed by atoms with Crippen molar-refractivity contribution in [1.82, 2.24) is 4.57 Å². The quantitative estimate of drug-likeness (QED) is 0.559. The number of ketones is 1. The zero-order chi connectivity index (χ0) is 18.3. The monoisotopic (exact) mass is 364 g/mol. The van der Waals surface area contributed by atoms with Crippen LogP contribution in [-0.4, -0.2) is 10.4 Å². The second-order valence-corrected chi connectivity index (χ2v) is 6.77. The lowest BCUT2D eigenvalue weighted by molar-refractivity contribution is 0.104. The van der Waals surface area contributed by atoms with Crippen molar-refractivity contribution in [3.05, 3.63) is 94.0 Å². The summed E-state index contributed by atoms with van der Waals surface area (Å²) in [4.78, 5) is 25.9. The molecule has 0 radical (unpaired) electrons. The molecule has 128 valence electrons. The van der Waals surface area contributed by atoms with E-state index in [0.29, 0.717) is 32.0 Å².